The molecular weight excluding hydrogens is 268 g/mol. The smallest absolute Gasteiger partial charge is 0.269 e. The van der Waals surface area contributed by atoms with Gasteiger partial charge in [0.2, 0.25) is 5.91 Å². The molecule has 1 aromatic rings. The highest BCUT2D eigenvalue weighted by Gasteiger charge is 2.39. The Morgan fingerprint density at radius 2 is 2.00 bits per heavy atom. The van der Waals surface area contributed by atoms with Gasteiger partial charge in [0.1, 0.15) is 0 Å². The third-order valence-electron chi connectivity index (χ3n) is 4.60. The van der Waals surface area contributed by atoms with Crippen LogP contribution < -0.4 is 5.32 Å². The van der Waals surface area contributed by atoms with Crippen LogP contribution in [0, 0.1) is 22.0 Å². The molecule has 0 unspecified atom stereocenters. The topological polar surface area (TPSA) is 72.2 Å². The standard InChI is InChI=1S/C16H18N2O3/c19-16(17-15-10-12-1-5-13(15)9-12)8-4-11-2-6-14(7-3-11)18(20)21/h2-4,6-8,12-13,15H,1,5,9-10H2,(H,17,19)/b8-4+/t12-,13-,15-/m1/s1. The van der Waals surface area contributed by atoms with Gasteiger partial charge in [-0.1, -0.05) is 6.42 Å². The van der Waals surface area contributed by atoms with Gasteiger partial charge in [-0.05, 0) is 54.9 Å². The second-order valence-corrected chi connectivity index (χ2v) is 5.97. The molecule has 2 bridgehead atoms. The molecule has 3 rings (SSSR count). The summed E-state index contributed by atoms with van der Waals surface area (Å²) >= 11 is 0. The van der Waals surface area contributed by atoms with Gasteiger partial charge in [-0.15, -0.1) is 0 Å². The van der Waals surface area contributed by atoms with Crippen molar-refractivity contribution in [2.45, 2.75) is 31.7 Å². The molecule has 0 aliphatic heterocycles. The Labute approximate surface area is 123 Å². The highest BCUT2D eigenvalue weighted by atomic mass is 16.6. The van der Waals surface area contributed by atoms with Crippen molar-refractivity contribution in [2.24, 2.45) is 11.8 Å². The van der Waals surface area contributed by atoms with E-state index < -0.39 is 4.92 Å². The first-order valence-electron chi connectivity index (χ1n) is 7.35. The van der Waals surface area contributed by atoms with Crippen LogP contribution in [0.1, 0.15) is 31.2 Å². The van der Waals surface area contributed by atoms with E-state index in [1.54, 1.807) is 18.2 Å². The summed E-state index contributed by atoms with van der Waals surface area (Å²) in [6.07, 6.45) is 8.12. The van der Waals surface area contributed by atoms with Crippen molar-refractivity contribution in [2.75, 3.05) is 0 Å². The molecule has 0 spiro atoms. The van der Waals surface area contributed by atoms with Gasteiger partial charge in [0.15, 0.2) is 0 Å². The average Bonchev–Trinajstić information content (AvgIpc) is 3.08. The number of rotatable bonds is 4. The molecule has 3 atom stereocenters. The number of fused-ring (bicyclic) bond motifs is 2. The second kappa shape index (κ2) is 5.68. The number of carbonyl (C=O) groups is 1. The van der Waals surface area contributed by atoms with E-state index in [1.165, 1.54) is 37.5 Å². The maximum atomic E-state index is 11.9. The summed E-state index contributed by atoms with van der Waals surface area (Å²) in [6, 6.07) is 6.48. The van der Waals surface area contributed by atoms with Crippen molar-refractivity contribution >= 4 is 17.7 Å². The van der Waals surface area contributed by atoms with Crippen molar-refractivity contribution in [3.63, 3.8) is 0 Å². The van der Waals surface area contributed by atoms with Crippen LogP contribution >= 0.6 is 0 Å². The van der Waals surface area contributed by atoms with E-state index in [0.717, 1.165) is 17.9 Å². The highest BCUT2D eigenvalue weighted by molar-refractivity contribution is 5.92. The molecule has 0 heterocycles. The summed E-state index contributed by atoms with van der Waals surface area (Å²) in [5, 5.41) is 13.6. The number of nitrogens with one attached hydrogen (secondary N) is 1. The Balaban J connectivity index is 1.55. The van der Waals surface area contributed by atoms with Crippen LogP contribution in [0.3, 0.4) is 0 Å². The molecule has 2 aliphatic carbocycles. The van der Waals surface area contributed by atoms with Crippen LogP contribution in [0.5, 0.6) is 0 Å². The first-order valence-corrected chi connectivity index (χ1v) is 7.35. The fourth-order valence-corrected chi connectivity index (χ4v) is 3.53. The van der Waals surface area contributed by atoms with E-state index in [9.17, 15) is 14.9 Å². The van der Waals surface area contributed by atoms with Crippen LogP contribution in [-0.4, -0.2) is 16.9 Å². The number of nitro benzene ring substituents is 1. The van der Waals surface area contributed by atoms with Crippen molar-refractivity contribution in [1.82, 2.24) is 5.32 Å². The summed E-state index contributed by atoms with van der Waals surface area (Å²) in [6.45, 7) is 0. The SMILES string of the molecule is O=C(/C=C/c1ccc([N+](=O)[O-])cc1)N[C@@H]1C[C@@H]2CC[C@@H]1C2. The maximum absolute atomic E-state index is 11.9. The summed E-state index contributed by atoms with van der Waals surface area (Å²) in [5.74, 6) is 1.39. The Morgan fingerprint density at radius 1 is 1.24 bits per heavy atom. The zero-order chi connectivity index (χ0) is 14.8. The zero-order valence-corrected chi connectivity index (χ0v) is 11.7. The molecular formula is C16H18N2O3. The third-order valence-corrected chi connectivity index (χ3v) is 4.60. The molecule has 0 saturated heterocycles. The van der Waals surface area contributed by atoms with Gasteiger partial charge < -0.3 is 5.32 Å². The monoisotopic (exact) mass is 286 g/mol. The van der Waals surface area contributed by atoms with Crippen LogP contribution in [0.15, 0.2) is 30.3 Å². The lowest BCUT2D eigenvalue weighted by Gasteiger charge is -2.22. The minimum atomic E-state index is -0.435. The van der Waals surface area contributed by atoms with E-state index in [2.05, 4.69) is 5.32 Å². The fourth-order valence-electron chi connectivity index (χ4n) is 3.53. The molecule has 5 heteroatoms. The number of nitrogens with zero attached hydrogens (tertiary/aromatic N) is 1. The predicted octanol–water partition coefficient (Wildman–Crippen LogP) is 2.91. The molecule has 0 aromatic heterocycles. The van der Waals surface area contributed by atoms with E-state index in [4.69, 9.17) is 0 Å². The Kier molecular flexibility index (Phi) is 3.73. The van der Waals surface area contributed by atoms with Gasteiger partial charge >= 0.3 is 0 Å². The molecule has 2 saturated carbocycles. The van der Waals surface area contributed by atoms with Crippen LogP contribution in [0.2, 0.25) is 0 Å². The molecule has 1 aromatic carbocycles. The van der Waals surface area contributed by atoms with Crippen molar-refractivity contribution in [1.29, 1.82) is 0 Å². The quantitative estimate of drug-likeness (QED) is 0.525. The van der Waals surface area contributed by atoms with Crippen molar-refractivity contribution < 1.29 is 9.72 Å². The van der Waals surface area contributed by atoms with Gasteiger partial charge in [0.05, 0.1) is 4.92 Å². The first-order chi connectivity index (χ1) is 10.1. The van der Waals surface area contributed by atoms with E-state index in [-0.39, 0.29) is 11.6 Å². The molecule has 1 amide bonds. The number of hydrogen-bond acceptors (Lipinski definition) is 3. The van der Waals surface area contributed by atoms with Crippen molar-refractivity contribution in [3.8, 4) is 0 Å². The van der Waals surface area contributed by atoms with Gasteiger partial charge in [-0.25, -0.2) is 0 Å². The molecule has 21 heavy (non-hydrogen) atoms. The fraction of sp³-hybridized carbons (Fsp3) is 0.438. The molecule has 1 N–H and O–H groups in total. The zero-order valence-electron chi connectivity index (χ0n) is 11.7. The van der Waals surface area contributed by atoms with Gasteiger partial charge in [0, 0.05) is 24.3 Å². The van der Waals surface area contributed by atoms with E-state index >= 15 is 0 Å². The number of non-ortho nitro benzene ring substituents is 1. The van der Waals surface area contributed by atoms with Crippen LogP contribution in [0.25, 0.3) is 6.08 Å². The first kappa shape index (κ1) is 13.8. The minimum Gasteiger partial charge on any atom is -0.350 e. The Morgan fingerprint density at radius 3 is 2.57 bits per heavy atom. The average molecular weight is 286 g/mol. The summed E-state index contributed by atoms with van der Waals surface area (Å²) in [7, 11) is 0. The highest BCUT2D eigenvalue weighted by Crippen LogP contribution is 2.44. The van der Waals surface area contributed by atoms with E-state index in [0.29, 0.717) is 12.0 Å². The second-order valence-electron chi connectivity index (χ2n) is 5.97. The molecule has 2 aliphatic rings. The number of carbonyl (C=O) groups excluding carboxylic acids is 1. The lowest BCUT2D eigenvalue weighted by atomic mass is 9.95. The third kappa shape index (κ3) is 3.12. The summed E-state index contributed by atoms with van der Waals surface area (Å²) in [4.78, 5) is 22.0. The molecule has 2 fully saturated rings. The molecule has 110 valence electrons. The van der Waals surface area contributed by atoms with Crippen LogP contribution in [-0.2, 0) is 4.79 Å². The number of benzene rings is 1. The normalized spacial score (nSPS) is 27.1. The Hall–Kier alpha value is -2.17. The number of nitro groups is 1. The van der Waals surface area contributed by atoms with Gasteiger partial charge in [-0.2, -0.15) is 0 Å². The minimum absolute atomic E-state index is 0.0542. The van der Waals surface area contributed by atoms with E-state index in [1.807, 2.05) is 0 Å². The van der Waals surface area contributed by atoms with Gasteiger partial charge in [0.25, 0.3) is 5.69 Å². The van der Waals surface area contributed by atoms with Gasteiger partial charge in [-0.3, -0.25) is 14.9 Å². The molecule has 0 radical (unpaired) electrons. The number of amides is 1. The predicted molar refractivity (Wildman–Crippen MR) is 79.5 cm³/mol. The lowest BCUT2D eigenvalue weighted by Crippen LogP contribution is -2.37. The summed E-state index contributed by atoms with van der Waals surface area (Å²) in [5.41, 5.74) is 0.835. The summed E-state index contributed by atoms with van der Waals surface area (Å²) < 4.78 is 0. The maximum Gasteiger partial charge on any atom is 0.269 e. The van der Waals surface area contributed by atoms with Crippen LogP contribution in [0.4, 0.5) is 5.69 Å². The Bertz CT molecular complexity index is 580. The lowest BCUT2D eigenvalue weighted by molar-refractivity contribution is -0.384. The number of hydrogen-bond donors (Lipinski definition) is 1. The van der Waals surface area contributed by atoms with Crippen molar-refractivity contribution in [3.05, 3.63) is 46.0 Å². The molecule has 5 nitrogen and oxygen atoms in total. The largest absolute Gasteiger partial charge is 0.350 e.